The van der Waals surface area contributed by atoms with Crippen LogP contribution in [0.25, 0.3) is 11.1 Å². The molecule has 1 amide bonds. The van der Waals surface area contributed by atoms with Crippen molar-refractivity contribution in [3.63, 3.8) is 0 Å². The first-order valence-corrected chi connectivity index (χ1v) is 10.4. The van der Waals surface area contributed by atoms with Gasteiger partial charge in [0.15, 0.2) is 0 Å². The summed E-state index contributed by atoms with van der Waals surface area (Å²) in [6.07, 6.45) is 1.90. The van der Waals surface area contributed by atoms with Gasteiger partial charge in [-0.2, -0.15) is 0 Å². The number of halogens is 1. The lowest BCUT2D eigenvalue weighted by Gasteiger charge is -2.34. The second kappa shape index (κ2) is 9.67. The maximum Gasteiger partial charge on any atom is 0.335 e. The first kappa shape index (κ1) is 22.4. The van der Waals surface area contributed by atoms with Crippen LogP contribution in [0, 0.1) is 0 Å². The number of anilines is 2. The van der Waals surface area contributed by atoms with Crippen LogP contribution >= 0.6 is 11.6 Å². The van der Waals surface area contributed by atoms with Gasteiger partial charge in [0.2, 0.25) is 5.91 Å². The van der Waals surface area contributed by atoms with Crippen molar-refractivity contribution in [2.75, 3.05) is 10.6 Å². The van der Waals surface area contributed by atoms with Crippen LogP contribution in [-0.2, 0) is 11.2 Å². The van der Waals surface area contributed by atoms with Crippen LogP contribution in [0.15, 0.2) is 66.7 Å². The van der Waals surface area contributed by atoms with Crippen molar-refractivity contribution in [1.29, 1.82) is 0 Å². The molecule has 0 spiro atoms. The standard InChI is InChI=1S/C19H19NO3.C6H6ClN/c1-12-3-4-17-11-16(9-10-18(17)20(12)13(2)21)14-5-7-15(8-6-14)19(22)23;7-5-1-3-6(8)4-2-5/h5-12H,3-4H2,1-2H3,(H,22,23);1-4H,8H2/t12-;/m0./s1. The maximum absolute atomic E-state index is 11.9. The Bertz CT molecular complexity index is 1060. The number of hydrogen-bond donors (Lipinski definition) is 2. The van der Waals surface area contributed by atoms with Gasteiger partial charge in [0, 0.05) is 29.4 Å². The summed E-state index contributed by atoms with van der Waals surface area (Å²) in [6, 6.07) is 20.2. The molecule has 3 N–H and O–H groups in total. The molecule has 0 unspecified atom stereocenters. The van der Waals surface area contributed by atoms with Crippen LogP contribution in [0.1, 0.15) is 36.2 Å². The molecule has 31 heavy (non-hydrogen) atoms. The van der Waals surface area contributed by atoms with Crippen LogP contribution in [-0.4, -0.2) is 23.0 Å². The van der Waals surface area contributed by atoms with Gasteiger partial charge in [0.1, 0.15) is 0 Å². The van der Waals surface area contributed by atoms with E-state index in [0.717, 1.165) is 45.9 Å². The second-order valence-corrected chi connectivity index (χ2v) is 7.99. The molecule has 0 saturated heterocycles. The first-order chi connectivity index (χ1) is 14.8. The zero-order valence-corrected chi connectivity index (χ0v) is 18.3. The number of aromatic carboxylic acids is 1. The molecule has 1 aliphatic rings. The molecule has 3 aromatic carbocycles. The molecule has 0 aliphatic carbocycles. The number of nitrogens with two attached hydrogens (primary N) is 1. The van der Waals surface area contributed by atoms with E-state index in [1.54, 1.807) is 43.3 Å². The van der Waals surface area contributed by atoms with Crippen LogP contribution in [0.3, 0.4) is 0 Å². The summed E-state index contributed by atoms with van der Waals surface area (Å²) in [5.41, 5.74) is 10.6. The minimum absolute atomic E-state index is 0.0667. The number of nitrogen functional groups attached to an aromatic ring is 1. The Hall–Kier alpha value is -3.31. The van der Waals surface area contributed by atoms with E-state index < -0.39 is 5.97 Å². The van der Waals surface area contributed by atoms with Crippen molar-refractivity contribution in [1.82, 2.24) is 0 Å². The topological polar surface area (TPSA) is 83.6 Å². The Balaban J connectivity index is 0.000000287. The summed E-state index contributed by atoms with van der Waals surface area (Å²) in [6.45, 7) is 3.67. The maximum atomic E-state index is 11.9. The van der Waals surface area contributed by atoms with Crippen molar-refractivity contribution in [3.8, 4) is 11.1 Å². The normalized spacial score (nSPS) is 14.8. The molecule has 0 saturated carbocycles. The Morgan fingerprint density at radius 1 is 1.00 bits per heavy atom. The summed E-state index contributed by atoms with van der Waals surface area (Å²) in [4.78, 5) is 24.7. The van der Waals surface area contributed by atoms with E-state index in [2.05, 4.69) is 13.0 Å². The molecule has 1 heterocycles. The lowest BCUT2D eigenvalue weighted by Crippen LogP contribution is -2.40. The smallest absolute Gasteiger partial charge is 0.335 e. The molecular formula is C25H25ClN2O3. The fourth-order valence-electron chi connectivity index (χ4n) is 3.68. The highest BCUT2D eigenvalue weighted by molar-refractivity contribution is 6.30. The molecule has 3 aromatic rings. The average molecular weight is 437 g/mol. The van der Waals surface area contributed by atoms with Crippen LogP contribution in [0.2, 0.25) is 5.02 Å². The van der Waals surface area contributed by atoms with E-state index >= 15 is 0 Å². The van der Waals surface area contributed by atoms with Crippen molar-refractivity contribution in [2.24, 2.45) is 0 Å². The number of aryl methyl sites for hydroxylation is 1. The van der Waals surface area contributed by atoms with Gasteiger partial charge in [0.05, 0.1) is 5.56 Å². The quantitative estimate of drug-likeness (QED) is 0.507. The molecule has 5 nitrogen and oxygen atoms in total. The lowest BCUT2D eigenvalue weighted by molar-refractivity contribution is -0.117. The minimum atomic E-state index is -0.923. The summed E-state index contributed by atoms with van der Waals surface area (Å²) in [5, 5.41) is 9.69. The Morgan fingerprint density at radius 3 is 2.16 bits per heavy atom. The van der Waals surface area contributed by atoms with Crippen molar-refractivity contribution >= 4 is 34.9 Å². The summed E-state index contributed by atoms with van der Waals surface area (Å²) in [7, 11) is 0. The summed E-state index contributed by atoms with van der Waals surface area (Å²) >= 11 is 5.56. The van der Waals surface area contributed by atoms with Crippen LogP contribution < -0.4 is 10.6 Å². The van der Waals surface area contributed by atoms with E-state index in [4.69, 9.17) is 22.4 Å². The Labute approximate surface area is 187 Å². The van der Waals surface area contributed by atoms with Crippen LogP contribution in [0.4, 0.5) is 11.4 Å². The number of carbonyl (C=O) groups is 2. The fourth-order valence-corrected chi connectivity index (χ4v) is 3.81. The summed E-state index contributed by atoms with van der Waals surface area (Å²) in [5.74, 6) is -0.856. The molecule has 1 atom stereocenters. The van der Waals surface area contributed by atoms with Crippen molar-refractivity contribution in [2.45, 2.75) is 32.7 Å². The number of rotatable bonds is 2. The zero-order chi connectivity index (χ0) is 22.5. The SMILES string of the molecule is CC(=O)N1c2ccc(-c3ccc(C(=O)O)cc3)cc2CC[C@@H]1C.Nc1ccc(Cl)cc1. The Morgan fingerprint density at radius 2 is 1.61 bits per heavy atom. The van der Waals surface area contributed by atoms with Crippen molar-refractivity contribution in [3.05, 3.63) is 82.9 Å². The monoisotopic (exact) mass is 436 g/mol. The number of carboxylic acid groups (broad SMARTS) is 1. The fraction of sp³-hybridized carbons (Fsp3) is 0.200. The van der Waals surface area contributed by atoms with Crippen LogP contribution in [0.5, 0.6) is 0 Å². The predicted molar refractivity (Wildman–Crippen MR) is 126 cm³/mol. The molecule has 1 aliphatic heterocycles. The predicted octanol–water partition coefficient (Wildman–Crippen LogP) is 5.66. The number of hydrogen-bond acceptors (Lipinski definition) is 3. The number of benzene rings is 3. The van der Waals surface area contributed by atoms with Crippen molar-refractivity contribution < 1.29 is 14.7 Å². The van der Waals surface area contributed by atoms with E-state index in [-0.39, 0.29) is 17.5 Å². The molecule has 160 valence electrons. The second-order valence-electron chi connectivity index (χ2n) is 7.55. The van der Waals surface area contributed by atoms with Gasteiger partial charge in [0.25, 0.3) is 0 Å². The van der Waals surface area contributed by atoms with Gasteiger partial charge in [-0.05, 0) is 85.0 Å². The zero-order valence-electron chi connectivity index (χ0n) is 17.5. The lowest BCUT2D eigenvalue weighted by atomic mass is 9.93. The molecular weight excluding hydrogens is 412 g/mol. The first-order valence-electron chi connectivity index (χ1n) is 10.0. The molecule has 0 radical (unpaired) electrons. The molecule has 0 bridgehead atoms. The number of nitrogens with zero attached hydrogens (tertiary/aromatic N) is 1. The van der Waals surface area contributed by atoms with Gasteiger partial charge in [-0.3, -0.25) is 4.79 Å². The third kappa shape index (κ3) is 5.44. The van der Waals surface area contributed by atoms with E-state index in [1.165, 1.54) is 0 Å². The molecule has 6 heteroatoms. The van der Waals surface area contributed by atoms with E-state index in [1.807, 2.05) is 29.2 Å². The van der Waals surface area contributed by atoms with Gasteiger partial charge in [-0.1, -0.05) is 29.8 Å². The largest absolute Gasteiger partial charge is 0.478 e. The molecule has 4 rings (SSSR count). The van der Waals surface area contributed by atoms with Gasteiger partial charge in [-0.25, -0.2) is 4.79 Å². The number of carbonyl (C=O) groups excluding carboxylic acids is 1. The molecule has 0 aromatic heterocycles. The summed E-state index contributed by atoms with van der Waals surface area (Å²) < 4.78 is 0. The third-order valence-electron chi connectivity index (χ3n) is 5.29. The number of amides is 1. The highest BCUT2D eigenvalue weighted by Gasteiger charge is 2.26. The molecule has 0 fully saturated rings. The number of fused-ring (bicyclic) bond motifs is 1. The van der Waals surface area contributed by atoms with Gasteiger partial charge >= 0.3 is 5.97 Å². The number of carboxylic acids is 1. The van der Waals surface area contributed by atoms with Gasteiger partial charge < -0.3 is 15.7 Å². The van der Waals surface area contributed by atoms with Gasteiger partial charge in [-0.15, -0.1) is 0 Å². The highest BCUT2D eigenvalue weighted by atomic mass is 35.5. The van der Waals surface area contributed by atoms with E-state index in [9.17, 15) is 9.59 Å². The highest BCUT2D eigenvalue weighted by Crippen LogP contribution is 2.34. The average Bonchev–Trinajstić information content (AvgIpc) is 2.75. The minimum Gasteiger partial charge on any atom is -0.478 e. The third-order valence-corrected chi connectivity index (χ3v) is 5.54. The Kier molecular flexibility index (Phi) is 6.98. The van der Waals surface area contributed by atoms with E-state index in [0.29, 0.717) is 0 Å².